The zero-order valence-corrected chi connectivity index (χ0v) is 8.88. The van der Waals surface area contributed by atoms with Crippen LogP contribution in [-0.2, 0) is 6.18 Å². The number of likely N-dealkylation sites (N-methyl/N-ethyl adjacent to an activating group) is 1. The van der Waals surface area contributed by atoms with Crippen LogP contribution in [0.25, 0.3) is 0 Å². The number of hydrogen-bond donors (Lipinski definition) is 0. The molecule has 0 atom stereocenters. The van der Waals surface area contributed by atoms with Gasteiger partial charge in [-0.15, -0.1) is 0 Å². The lowest BCUT2D eigenvalue weighted by Crippen LogP contribution is -2.22. The van der Waals surface area contributed by atoms with Crippen molar-refractivity contribution in [3.63, 3.8) is 0 Å². The Kier molecular flexibility index (Phi) is 3.64. The van der Waals surface area contributed by atoms with Gasteiger partial charge in [-0.25, -0.2) is 0 Å². The molecule has 0 aliphatic carbocycles. The highest BCUT2D eigenvalue weighted by Crippen LogP contribution is 2.27. The van der Waals surface area contributed by atoms with Gasteiger partial charge in [0, 0.05) is 11.8 Å². The Morgan fingerprint density at radius 2 is 2.00 bits per heavy atom. The molecular weight excluding hydrogens is 221 g/mol. The third kappa shape index (κ3) is 3.30. The summed E-state index contributed by atoms with van der Waals surface area (Å²) in [7, 11) is 3.41. The molecule has 0 amide bonds. The summed E-state index contributed by atoms with van der Waals surface area (Å²) < 4.78 is 36.5. The van der Waals surface area contributed by atoms with Crippen LogP contribution in [0.2, 0.25) is 0 Å². The van der Waals surface area contributed by atoms with E-state index in [1.54, 1.807) is 19.0 Å². The Balaban J connectivity index is 2.83. The molecule has 16 heavy (non-hydrogen) atoms. The molecule has 0 bridgehead atoms. The normalized spacial score (nSPS) is 11.9. The zero-order chi connectivity index (χ0) is 12.3. The quantitative estimate of drug-likeness (QED) is 0.745. The first kappa shape index (κ1) is 12.6. The standard InChI is InChI=1S/C10H11F3N2O/c1-15(2)6-8(16)7-3-4-9(14-5-7)10(11,12)13/h3-5H,6H2,1-2H3. The number of carbonyl (C=O) groups is 1. The number of alkyl halides is 3. The minimum absolute atomic E-state index is 0.146. The lowest BCUT2D eigenvalue weighted by Gasteiger charge is -2.09. The van der Waals surface area contributed by atoms with E-state index in [2.05, 4.69) is 4.98 Å². The largest absolute Gasteiger partial charge is 0.433 e. The van der Waals surface area contributed by atoms with Gasteiger partial charge in [0.05, 0.1) is 6.54 Å². The van der Waals surface area contributed by atoms with Crippen LogP contribution in [0.3, 0.4) is 0 Å². The summed E-state index contributed by atoms with van der Waals surface area (Å²) >= 11 is 0. The maximum absolute atomic E-state index is 12.2. The minimum atomic E-state index is -4.47. The highest BCUT2D eigenvalue weighted by atomic mass is 19.4. The lowest BCUT2D eigenvalue weighted by atomic mass is 10.1. The number of ketones is 1. The molecule has 1 heterocycles. The van der Waals surface area contributed by atoms with Crippen molar-refractivity contribution in [1.82, 2.24) is 9.88 Å². The van der Waals surface area contributed by atoms with E-state index in [1.165, 1.54) is 0 Å². The number of pyridine rings is 1. The lowest BCUT2D eigenvalue weighted by molar-refractivity contribution is -0.141. The first-order valence-electron chi connectivity index (χ1n) is 4.52. The molecule has 1 aromatic rings. The molecule has 1 aromatic heterocycles. The molecule has 1 rings (SSSR count). The predicted molar refractivity (Wildman–Crippen MR) is 52.1 cm³/mol. The third-order valence-electron chi connectivity index (χ3n) is 1.84. The second-order valence-electron chi connectivity index (χ2n) is 3.59. The maximum atomic E-state index is 12.2. The van der Waals surface area contributed by atoms with Gasteiger partial charge >= 0.3 is 6.18 Å². The smallest absolute Gasteiger partial charge is 0.302 e. The van der Waals surface area contributed by atoms with Crippen molar-refractivity contribution in [2.75, 3.05) is 20.6 Å². The Morgan fingerprint density at radius 3 is 2.38 bits per heavy atom. The Labute approximate surface area is 90.9 Å². The van der Waals surface area contributed by atoms with Gasteiger partial charge in [0.25, 0.3) is 0 Å². The summed E-state index contributed by atoms with van der Waals surface area (Å²) in [4.78, 5) is 16.3. The molecule has 0 radical (unpaired) electrons. The van der Waals surface area contributed by atoms with Gasteiger partial charge in [-0.05, 0) is 26.2 Å². The van der Waals surface area contributed by atoms with Gasteiger partial charge in [-0.2, -0.15) is 13.2 Å². The number of aromatic nitrogens is 1. The van der Waals surface area contributed by atoms with Crippen LogP contribution in [0.5, 0.6) is 0 Å². The molecule has 0 aliphatic rings. The van der Waals surface area contributed by atoms with Gasteiger partial charge in [0.2, 0.25) is 0 Å². The molecule has 0 spiro atoms. The summed E-state index contributed by atoms with van der Waals surface area (Å²) in [6.07, 6.45) is -3.52. The number of halogens is 3. The Hall–Kier alpha value is -1.43. The van der Waals surface area contributed by atoms with Gasteiger partial charge < -0.3 is 4.90 Å². The SMILES string of the molecule is CN(C)CC(=O)c1ccc(C(F)(F)F)nc1. The molecule has 0 N–H and O–H groups in total. The van der Waals surface area contributed by atoms with Gasteiger partial charge in [0.15, 0.2) is 5.78 Å². The third-order valence-corrected chi connectivity index (χ3v) is 1.84. The molecule has 0 saturated carbocycles. The van der Waals surface area contributed by atoms with Crippen molar-refractivity contribution in [2.24, 2.45) is 0 Å². The molecule has 0 fully saturated rings. The van der Waals surface area contributed by atoms with Crippen LogP contribution in [0.15, 0.2) is 18.3 Å². The summed E-state index contributed by atoms with van der Waals surface area (Å²) in [6.45, 7) is 0.146. The molecule has 0 unspecified atom stereocenters. The van der Waals surface area contributed by atoms with Gasteiger partial charge in [0.1, 0.15) is 5.69 Å². The highest BCUT2D eigenvalue weighted by Gasteiger charge is 2.32. The molecule has 6 heteroatoms. The van der Waals surface area contributed by atoms with E-state index in [0.29, 0.717) is 0 Å². The Morgan fingerprint density at radius 1 is 1.38 bits per heavy atom. The van der Waals surface area contributed by atoms with Crippen molar-refractivity contribution < 1.29 is 18.0 Å². The van der Waals surface area contributed by atoms with Crippen LogP contribution in [0.4, 0.5) is 13.2 Å². The second-order valence-corrected chi connectivity index (χ2v) is 3.59. The van der Waals surface area contributed by atoms with Gasteiger partial charge in [-0.3, -0.25) is 9.78 Å². The first-order valence-corrected chi connectivity index (χ1v) is 4.52. The molecular formula is C10H11F3N2O. The van der Waals surface area contributed by atoms with Crippen LogP contribution >= 0.6 is 0 Å². The maximum Gasteiger partial charge on any atom is 0.433 e. The van der Waals surface area contributed by atoms with Crippen LogP contribution in [0, 0.1) is 0 Å². The van der Waals surface area contributed by atoms with Crippen molar-refractivity contribution in [1.29, 1.82) is 0 Å². The Bertz CT molecular complexity index is 371. The summed E-state index contributed by atoms with van der Waals surface area (Å²) in [5, 5.41) is 0. The fourth-order valence-corrected chi connectivity index (χ4v) is 1.10. The highest BCUT2D eigenvalue weighted by molar-refractivity contribution is 5.97. The van der Waals surface area contributed by atoms with E-state index in [0.717, 1.165) is 18.3 Å². The van der Waals surface area contributed by atoms with Crippen molar-refractivity contribution in [3.8, 4) is 0 Å². The van der Waals surface area contributed by atoms with Crippen molar-refractivity contribution in [3.05, 3.63) is 29.6 Å². The number of Topliss-reactive ketones (excluding diaryl/α,β-unsaturated/α-hetero) is 1. The topological polar surface area (TPSA) is 33.2 Å². The van der Waals surface area contributed by atoms with Crippen molar-refractivity contribution in [2.45, 2.75) is 6.18 Å². The zero-order valence-electron chi connectivity index (χ0n) is 8.88. The molecule has 3 nitrogen and oxygen atoms in total. The van der Waals surface area contributed by atoms with Gasteiger partial charge in [-0.1, -0.05) is 0 Å². The van der Waals surface area contributed by atoms with E-state index in [4.69, 9.17) is 0 Å². The number of hydrogen-bond acceptors (Lipinski definition) is 3. The predicted octanol–water partition coefficient (Wildman–Crippen LogP) is 1.84. The van der Waals surface area contributed by atoms with E-state index >= 15 is 0 Å². The van der Waals surface area contributed by atoms with E-state index < -0.39 is 11.9 Å². The summed E-state index contributed by atoms with van der Waals surface area (Å²) in [6, 6.07) is 1.95. The number of rotatable bonds is 3. The average Bonchev–Trinajstić information content (AvgIpc) is 2.15. The van der Waals surface area contributed by atoms with Crippen LogP contribution in [-0.4, -0.2) is 36.3 Å². The average molecular weight is 232 g/mol. The fourth-order valence-electron chi connectivity index (χ4n) is 1.10. The van der Waals surface area contributed by atoms with E-state index in [1.807, 2.05) is 0 Å². The number of nitrogens with zero attached hydrogens (tertiary/aromatic N) is 2. The second kappa shape index (κ2) is 4.61. The molecule has 88 valence electrons. The van der Waals surface area contributed by atoms with Crippen LogP contribution in [0.1, 0.15) is 16.1 Å². The van der Waals surface area contributed by atoms with Crippen LogP contribution < -0.4 is 0 Å². The fraction of sp³-hybridized carbons (Fsp3) is 0.400. The summed E-state index contributed by atoms with van der Waals surface area (Å²) in [5.74, 6) is -0.258. The molecule has 0 saturated heterocycles. The molecule has 0 aromatic carbocycles. The summed E-state index contributed by atoms with van der Waals surface area (Å²) in [5.41, 5.74) is -0.810. The monoisotopic (exact) mass is 232 g/mol. The molecule has 0 aliphatic heterocycles. The minimum Gasteiger partial charge on any atom is -0.302 e. The van der Waals surface area contributed by atoms with E-state index in [-0.39, 0.29) is 17.9 Å². The number of carbonyl (C=O) groups excluding carboxylic acids is 1. The van der Waals surface area contributed by atoms with Crippen molar-refractivity contribution >= 4 is 5.78 Å². The van der Waals surface area contributed by atoms with E-state index in [9.17, 15) is 18.0 Å². The first-order chi connectivity index (χ1) is 7.30.